The lowest BCUT2D eigenvalue weighted by molar-refractivity contribution is -0.125. The van der Waals surface area contributed by atoms with E-state index >= 15 is 0 Å². The van der Waals surface area contributed by atoms with Crippen molar-refractivity contribution in [3.8, 4) is 0 Å². The lowest BCUT2D eigenvalue weighted by atomic mass is 9.98. The summed E-state index contributed by atoms with van der Waals surface area (Å²) in [5, 5.41) is 6.40. The predicted molar refractivity (Wildman–Crippen MR) is 111 cm³/mol. The van der Waals surface area contributed by atoms with Gasteiger partial charge < -0.3 is 15.5 Å². The van der Waals surface area contributed by atoms with Crippen LogP contribution in [-0.2, 0) is 16.1 Å². The molecule has 2 amide bonds. The molecule has 2 fully saturated rings. The molecule has 2 aromatic heterocycles. The smallest absolute Gasteiger partial charge is 0.273 e. The summed E-state index contributed by atoms with van der Waals surface area (Å²) in [6, 6.07) is 0.220. The summed E-state index contributed by atoms with van der Waals surface area (Å²) in [5.41, 5.74) is 0.143. The number of thiazole rings is 1. The molecule has 4 rings (SSSR count). The Morgan fingerprint density at radius 1 is 1.24 bits per heavy atom. The molecule has 1 atom stereocenters. The molecule has 2 N–H and O–H groups in total. The number of carbonyl (C=O) groups is 2. The largest absolute Gasteiger partial charge is 0.359 e. The standard InChI is InChI=1S/C19H26N6O3S/c1-20-17(27)12-5-4-8-24(9-12)19-23-16-15(29-19)18(28)25(11-21-16)10-14(26)22-13-6-2-3-7-13/h11-13H,2-10H2,1H3,(H,20,27)(H,22,26). The highest BCUT2D eigenvalue weighted by atomic mass is 32.1. The van der Waals surface area contributed by atoms with Crippen molar-refractivity contribution in [3.63, 3.8) is 0 Å². The van der Waals surface area contributed by atoms with Gasteiger partial charge in [-0.2, -0.15) is 4.98 Å². The van der Waals surface area contributed by atoms with Gasteiger partial charge in [0, 0.05) is 26.2 Å². The van der Waals surface area contributed by atoms with Gasteiger partial charge in [0.1, 0.15) is 17.6 Å². The van der Waals surface area contributed by atoms with Crippen LogP contribution in [0.15, 0.2) is 11.1 Å². The lowest BCUT2D eigenvalue weighted by Crippen LogP contribution is -2.42. The van der Waals surface area contributed by atoms with Crippen LogP contribution >= 0.6 is 11.3 Å². The molecule has 1 saturated heterocycles. The monoisotopic (exact) mass is 418 g/mol. The second-order valence-corrected chi connectivity index (χ2v) is 8.75. The van der Waals surface area contributed by atoms with E-state index in [1.807, 2.05) is 4.90 Å². The molecular weight excluding hydrogens is 392 g/mol. The summed E-state index contributed by atoms with van der Waals surface area (Å²) in [7, 11) is 1.65. The fourth-order valence-electron chi connectivity index (χ4n) is 4.15. The Labute approximate surface area is 172 Å². The van der Waals surface area contributed by atoms with Crippen LogP contribution in [0, 0.1) is 5.92 Å². The fraction of sp³-hybridized carbons (Fsp3) is 0.632. The van der Waals surface area contributed by atoms with E-state index in [-0.39, 0.29) is 35.9 Å². The zero-order chi connectivity index (χ0) is 20.4. The van der Waals surface area contributed by atoms with Gasteiger partial charge in [-0.05, 0) is 25.7 Å². The average Bonchev–Trinajstić information content (AvgIpc) is 3.39. The Bertz CT molecular complexity index is 964. The van der Waals surface area contributed by atoms with Crippen LogP contribution in [0.5, 0.6) is 0 Å². The second kappa shape index (κ2) is 8.48. The van der Waals surface area contributed by atoms with Crippen LogP contribution in [0.4, 0.5) is 5.13 Å². The molecule has 29 heavy (non-hydrogen) atoms. The first-order chi connectivity index (χ1) is 14.0. The lowest BCUT2D eigenvalue weighted by Gasteiger charge is -2.31. The third-order valence-electron chi connectivity index (χ3n) is 5.72. The molecule has 2 aliphatic rings. The first-order valence-electron chi connectivity index (χ1n) is 10.2. The van der Waals surface area contributed by atoms with Gasteiger partial charge in [-0.1, -0.05) is 24.2 Å². The summed E-state index contributed by atoms with van der Waals surface area (Å²) in [6.45, 7) is 1.34. The Balaban J connectivity index is 1.50. The van der Waals surface area contributed by atoms with Crippen LogP contribution in [0.25, 0.3) is 10.3 Å². The first-order valence-corrected chi connectivity index (χ1v) is 11.0. The van der Waals surface area contributed by atoms with Crippen molar-refractivity contribution in [2.75, 3.05) is 25.0 Å². The number of aromatic nitrogens is 3. The van der Waals surface area contributed by atoms with Gasteiger partial charge in [-0.3, -0.25) is 19.0 Å². The minimum absolute atomic E-state index is 0.0320. The minimum atomic E-state index is -0.250. The summed E-state index contributed by atoms with van der Waals surface area (Å²) >= 11 is 1.28. The summed E-state index contributed by atoms with van der Waals surface area (Å²) in [6.07, 6.45) is 7.42. The fourth-order valence-corrected chi connectivity index (χ4v) is 5.15. The zero-order valence-corrected chi connectivity index (χ0v) is 17.3. The van der Waals surface area contributed by atoms with E-state index in [1.54, 1.807) is 7.05 Å². The number of hydrogen-bond acceptors (Lipinski definition) is 7. The number of fused-ring (bicyclic) bond motifs is 1. The number of rotatable bonds is 5. The highest BCUT2D eigenvalue weighted by molar-refractivity contribution is 7.22. The molecule has 2 aromatic rings. The third-order valence-corrected chi connectivity index (χ3v) is 6.81. The molecule has 156 valence electrons. The van der Waals surface area contributed by atoms with Crippen LogP contribution in [0.1, 0.15) is 38.5 Å². The Kier molecular flexibility index (Phi) is 5.79. The van der Waals surface area contributed by atoms with Gasteiger partial charge in [-0.25, -0.2) is 4.98 Å². The van der Waals surface area contributed by atoms with Crippen LogP contribution in [-0.4, -0.2) is 52.5 Å². The summed E-state index contributed by atoms with van der Waals surface area (Å²) in [5.74, 6) is -0.205. The Morgan fingerprint density at radius 2 is 2.03 bits per heavy atom. The molecule has 0 radical (unpaired) electrons. The SMILES string of the molecule is CNC(=O)C1CCCN(c2nc3ncn(CC(=O)NC4CCCC4)c(=O)c3s2)C1. The molecular formula is C19H26N6O3S. The van der Waals surface area contributed by atoms with Gasteiger partial charge in [0.05, 0.1) is 5.92 Å². The Hall–Kier alpha value is -2.49. The van der Waals surface area contributed by atoms with Crippen LogP contribution in [0.2, 0.25) is 0 Å². The molecule has 1 aliphatic carbocycles. The molecule has 0 spiro atoms. The molecule has 9 nitrogen and oxygen atoms in total. The average molecular weight is 419 g/mol. The normalized spacial score (nSPS) is 20.2. The molecule has 1 saturated carbocycles. The van der Waals surface area contributed by atoms with E-state index in [9.17, 15) is 14.4 Å². The zero-order valence-electron chi connectivity index (χ0n) is 16.5. The number of anilines is 1. The van der Waals surface area contributed by atoms with E-state index in [4.69, 9.17) is 0 Å². The van der Waals surface area contributed by atoms with Crippen molar-refractivity contribution in [1.29, 1.82) is 0 Å². The summed E-state index contributed by atoms with van der Waals surface area (Å²) in [4.78, 5) is 48.0. The number of nitrogens with zero attached hydrogens (tertiary/aromatic N) is 4. The minimum Gasteiger partial charge on any atom is -0.359 e. The predicted octanol–water partition coefficient (Wildman–Crippen LogP) is 0.874. The highest BCUT2D eigenvalue weighted by Crippen LogP contribution is 2.29. The van der Waals surface area contributed by atoms with E-state index < -0.39 is 0 Å². The Morgan fingerprint density at radius 3 is 2.79 bits per heavy atom. The maximum absolute atomic E-state index is 12.8. The second-order valence-electron chi connectivity index (χ2n) is 7.78. The maximum atomic E-state index is 12.8. The van der Waals surface area contributed by atoms with Crippen LogP contribution in [0.3, 0.4) is 0 Å². The molecule has 0 aromatic carbocycles. The van der Waals surface area contributed by atoms with Crippen molar-refractivity contribution < 1.29 is 9.59 Å². The topological polar surface area (TPSA) is 109 Å². The maximum Gasteiger partial charge on any atom is 0.273 e. The third kappa shape index (κ3) is 4.26. The van der Waals surface area contributed by atoms with Crippen molar-refractivity contribution in [3.05, 3.63) is 16.7 Å². The highest BCUT2D eigenvalue weighted by Gasteiger charge is 2.27. The van der Waals surface area contributed by atoms with E-state index in [1.165, 1.54) is 22.2 Å². The van der Waals surface area contributed by atoms with E-state index in [0.717, 1.165) is 45.1 Å². The number of hydrogen-bond donors (Lipinski definition) is 2. The van der Waals surface area contributed by atoms with Gasteiger partial charge in [0.25, 0.3) is 5.56 Å². The van der Waals surface area contributed by atoms with Gasteiger partial charge >= 0.3 is 0 Å². The number of nitrogens with one attached hydrogen (secondary N) is 2. The molecule has 1 unspecified atom stereocenters. The molecule has 0 bridgehead atoms. The number of amides is 2. The first kappa shape index (κ1) is 19.8. The van der Waals surface area contributed by atoms with Crippen molar-refractivity contribution >= 4 is 38.6 Å². The molecule has 1 aliphatic heterocycles. The van der Waals surface area contributed by atoms with Gasteiger partial charge in [0.15, 0.2) is 10.8 Å². The molecule has 3 heterocycles. The van der Waals surface area contributed by atoms with Crippen LogP contribution < -0.4 is 21.1 Å². The van der Waals surface area contributed by atoms with Crippen molar-refractivity contribution in [2.24, 2.45) is 5.92 Å². The van der Waals surface area contributed by atoms with Crippen molar-refractivity contribution in [1.82, 2.24) is 25.2 Å². The summed E-state index contributed by atoms with van der Waals surface area (Å²) < 4.78 is 1.79. The quantitative estimate of drug-likeness (QED) is 0.746. The number of piperidine rings is 1. The molecule has 10 heteroatoms. The van der Waals surface area contributed by atoms with Crippen molar-refractivity contribution in [2.45, 2.75) is 51.1 Å². The van der Waals surface area contributed by atoms with E-state index in [2.05, 4.69) is 20.6 Å². The number of carbonyl (C=O) groups excluding carboxylic acids is 2. The van der Waals surface area contributed by atoms with E-state index in [0.29, 0.717) is 22.0 Å². The van der Waals surface area contributed by atoms with Gasteiger partial charge in [0.2, 0.25) is 11.8 Å². The van der Waals surface area contributed by atoms with Gasteiger partial charge in [-0.15, -0.1) is 0 Å².